The summed E-state index contributed by atoms with van der Waals surface area (Å²) in [6, 6.07) is 4.21. The van der Waals surface area contributed by atoms with Crippen LogP contribution in [0.4, 0.5) is 10.2 Å². The van der Waals surface area contributed by atoms with Gasteiger partial charge in [-0.05, 0) is 62.3 Å². The van der Waals surface area contributed by atoms with Crippen LogP contribution in [0, 0.1) is 13.0 Å². The molecule has 3 N–H and O–H groups in total. The molecule has 2 heterocycles. The number of anilines is 1. The molecule has 0 unspecified atom stereocenters. The Bertz CT molecular complexity index is 1250. The van der Waals surface area contributed by atoms with Crippen molar-refractivity contribution in [2.45, 2.75) is 59.0 Å². The van der Waals surface area contributed by atoms with E-state index in [-0.39, 0.29) is 35.3 Å². The van der Waals surface area contributed by atoms with Crippen LogP contribution < -0.4 is 10.5 Å². The lowest BCUT2D eigenvalue weighted by molar-refractivity contribution is 0.542. The van der Waals surface area contributed by atoms with E-state index in [1.165, 1.54) is 11.1 Å². The number of nitrogen functional groups attached to an aromatic ring is 1. The van der Waals surface area contributed by atoms with Gasteiger partial charge in [-0.2, -0.15) is 14.4 Å². The van der Waals surface area contributed by atoms with E-state index in [4.69, 9.17) is 5.73 Å². The molecule has 10 heteroatoms. The smallest absolute Gasteiger partial charge is 0.312 e. The van der Waals surface area contributed by atoms with E-state index >= 15 is 0 Å². The van der Waals surface area contributed by atoms with Gasteiger partial charge in [0, 0.05) is 19.0 Å². The molecule has 0 radical (unpaired) electrons. The van der Waals surface area contributed by atoms with Crippen molar-refractivity contribution in [3.05, 3.63) is 46.3 Å². The molecular weight excluding hydrogens is 419 g/mol. The number of nitrogens with one attached hydrogen (secondary N) is 1. The first-order chi connectivity index (χ1) is 14.6. The van der Waals surface area contributed by atoms with Crippen molar-refractivity contribution in [1.82, 2.24) is 24.2 Å². The fourth-order valence-electron chi connectivity index (χ4n) is 4.20. The lowest BCUT2D eigenvalue weighted by Gasteiger charge is -2.13. The minimum Gasteiger partial charge on any atom is -0.382 e. The number of nitrogens with zero attached hydrogens (tertiary/aromatic N) is 4. The molecule has 0 amide bonds. The highest BCUT2D eigenvalue weighted by molar-refractivity contribution is 7.89. The van der Waals surface area contributed by atoms with Crippen molar-refractivity contribution in [2.24, 2.45) is 0 Å². The SMILES string of the molecule is Cc1cc2c(cc1Cc1nc3c(N)nc(F)nc3n1CCS(=O)(=O)NC(C)C)CCC2. The molecule has 0 atom stereocenters. The molecule has 31 heavy (non-hydrogen) atoms. The number of aryl methyl sites for hydroxylation is 4. The number of sulfonamides is 1. The van der Waals surface area contributed by atoms with Crippen LogP contribution in [0.2, 0.25) is 0 Å². The van der Waals surface area contributed by atoms with Crippen molar-refractivity contribution in [1.29, 1.82) is 0 Å². The summed E-state index contributed by atoms with van der Waals surface area (Å²) in [5.41, 5.74) is 11.4. The molecule has 3 aromatic rings. The lowest BCUT2D eigenvalue weighted by atomic mass is 9.98. The van der Waals surface area contributed by atoms with Crippen molar-refractivity contribution in [3.63, 3.8) is 0 Å². The summed E-state index contributed by atoms with van der Waals surface area (Å²) >= 11 is 0. The van der Waals surface area contributed by atoms with E-state index in [1.54, 1.807) is 18.4 Å². The Balaban J connectivity index is 1.74. The predicted molar refractivity (Wildman–Crippen MR) is 118 cm³/mol. The topological polar surface area (TPSA) is 116 Å². The highest BCUT2D eigenvalue weighted by atomic mass is 32.2. The highest BCUT2D eigenvalue weighted by Gasteiger charge is 2.21. The summed E-state index contributed by atoms with van der Waals surface area (Å²) < 4.78 is 42.9. The lowest BCUT2D eigenvalue weighted by Crippen LogP contribution is -2.33. The third-order valence-corrected chi connectivity index (χ3v) is 7.12. The molecule has 0 saturated heterocycles. The number of halogens is 1. The van der Waals surface area contributed by atoms with Crippen molar-refractivity contribution in [3.8, 4) is 0 Å². The van der Waals surface area contributed by atoms with Gasteiger partial charge in [-0.3, -0.25) is 0 Å². The molecule has 1 aromatic carbocycles. The number of hydrogen-bond donors (Lipinski definition) is 2. The van der Waals surface area contributed by atoms with Gasteiger partial charge < -0.3 is 10.3 Å². The Hall–Kier alpha value is -2.59. The van der Waals surface area contributed by atoms with Crippen LogP contribution in [-0.2, 0) is 35.8 Å². The largest absolute Gasteiger partial charge is 0.382 e. The van der Waals surface area contributed by atoms with Crippen LogP contribution in [-0.4, -0.2) is 39.7 Å². The maximum Gasteiger partial charge on any atom is 0.312 e. The van der Waals surface area contributed by atoms with Crippen LogP contribution in [0.1, 0.15) is 48.3 Å². The fraction of sp³-hybridized carbons (Fsp3) is 0.476. The third kappa shape index (κ3) is 4.54. The van der Waals surface area contributed by atoms with E-state index in [0.29, 0.717) is 12.2 Å². The summed E-state index contributed by atoms with van der Waals surface area (Å²) in [7, 11) is -3.52. The molecule has 0 aliphatic heterocycles. The van der Waals surface area contributed by atoms with Gasteiger partial charge in [0.05, 0.1) is 5.75 Å². The van der Waals surface area contributed by atoms with E-state index in [1.807, 2.05) is 0 Å². The van der Waals surface area contributed by atoms with Crippen molar-refractivity contribution < 1.29 is 12.8 Å². The summed E-state index contributed by atoms with van der Waals surface area (Å²) in [6.45, 7) is 5.66. The Labute approximate surface area is 181 Å². The Morgan fingerprint density at radius 3 is 2.61 bits per heavy atom. The van der Waals surface area contributed by atoms with E-state index < -0.39 is 16.1 Å². The van der Waals surface area contributed by atoms with Gasteiger partial charge in [0.15, 0.2) is 17.0 Å². The standard InChI is InChI=1S/C21H27FN6O2S/c1-12(2)27-31(29,30)8-7-28-17(24-18-19(23)25-21(22)26-20(18)28)11-16-10-15-6-4-5-14(15)9-13(16)3/h9-10,12,27H,4-8,11H2,1-3H3,(H2,23,25,26). The molecule has 4 rings (SSSR count). The number of benzene rings is 1. The van der Waals surface area contributed by atoms with E-state index in [2.05, 4.69) is 38.7 Å². The van der Waals surface area contributed by atoms with Gasteiger partial charge in [-0.1, -0.05) is 12.1 Å². The quantitative estimate of drug-likeness (QED) is 0.538. The molecule has 0 saturated carbocycles. The number of fused-ring (bicyclic) bond motifs is 2. The maximum atomic E-state index is 13.9. The summed E-state index contributed by atoms with van der Waals surface area (Å²) in [6.07, 6.45) is 2.81. The Kier molecular flexibility index (Phi) is 5.69. The molecule has 2 aromatic heterocycles. The molecule has 166 valence electrons. The van der Waals surface area contributed by atoms with Gasteiger partial charge in [0.2, 0.25) is 10.0 Å². The Morgan fingerprint density at radius 1 is 1.19 bits per heavy atom. The second kappa shape index (κ2) is 8.16. The molecule has 1 aliphatic carbocycles. The average molecular weight is 447 g/mol. The summed E-state index contributed by atoms with van der Waals surface area (Å²) in [5, 5.41) is 0. The zero-order chi connectivity index (χ0) is 22.3. The molecule has 1 aliphatic rings. The number of hydrogen-bond acceptors (Lipinski definition) is 6. The van der Waals surface area contributed by atoms with E-state index in [0.717, 1.165) is 30.4 Å². The first-order valence-electron chi connectivity index (χ1n) is 10.4. The second-order valence-electron chi connectivity index (χ2n) is 8.40. The normalized spacial score (nSPS) is 14.0. The molecule has 0 fully saturated rings. The minimum atomic E-state index is -3.52. The van der Waals surface area contributed by atoms with Gasteiger partial charge >= 0.3 is 6.08 Å². The monoisotopic (exact) mass is 446 g/mol. The van der Waals surface area contributed by atoms with Crippen LogP contribution in [0.3, 0.4) is 0 Å². The zero-order valence-electron chi connectivity index (χ0n) is 17.9. The van der Waals surface area contributed by atoms with Crippen molar-refractivity contribution in [2.75, 3.05) is 11.5 Å². The molecule has 0 spiro atoms. The second-order valence-corrected chi connectivity index (χ2v) is 10.3. The van der Waals surface area contributed by atoms with Crippen LogP contribution >= 0.6 is 0 Å². The highest BCUT2D eigenvalue weighted by Crippen LogP contribution is 2.28. The molecule has 0 bridgehead atoms. The number of aromatic nitrogens is 4. The predicted octanol–water partition coefficient (Wildman–Crippen LogP) is 2.26. The number of rotatable bonds is 7. The first kappa shape index (κ1) is 21.6. The summed E-state index contributed by atoms with van der Waals surface area (Å²) in [4.78, 5) is 12.0. The fourth-order valence-corrected chi connectivity index (χ4v) is 5.46. The summed E-state index contributed by atoms with van der Waals surface area (Å²) in [5.74, 6) is 0.344. The maximum absolute atomic E-state index is 13.9. The van der Waals surface area contributed by atoms with Gasteiger partial charge in [-0.25, -0.2) is 18.1 Å². The van der Waals surface area contributed by atoms with Crippen LogP contribution in [0.25, 0.3) is 11.2 Å². The number of imidazole rings is 1. The molecular formula is C21H27FN6O2S. The van der Waals surface area contributed by atoms with Crippen LogP contribution in [0.15, 0.2) is 12.1 Å². The van der Waals surface area contributed by atoms with Gasteiger partial charge in [0.1, 0.15) is 5.82 Å². The van der Waals surface area contributed by atoms with Crippen LogP contribution in [0.5, 0.6) is 0 Å². The Morgan fingerprint density at radius 2 is 1.90 bits per heavy atom. The molecule has 8 nitrogen and oxygen atoms in total. The average Bonchev–Trinajstić information content (AvgIpc) is 3.23. The van der Waals surface area contributed by atoms with Gasteiger partial charge in [-0.15, -0.1) is 0 Å². The minimum absolute atomic E-state index is 0.0589. The third-order valence-electron chi connectivity index (χ3n) is 5.57. The van der Waals surface area contributed by atoms with E-state index in [9.17, 15) is 12.8 Å². The zero-order valence-corrected chi connectivity index (χ0v) is 18.8. The van der Waals surface area contributed by atoms with Gasteiger partial charge in [0.25, 0.3) is 0 Å². The first-order valence-corrected chi connectivity index (χ1v) is 12.1. The van der Waals surface area contributed by atoms with Crippen molar-refractivity contribution >= 4 is 27.0 Å². The number of nitrogens with two attached hydrogens (primary N) is 1.